The number of nitrogens with one attached hydrogen (secondary N) is 1. The summed E-state index contributed by atoms with van der Waals surface area (Å²) in [5.41, 5.74) is 0. The van der Waals surface area contributed by atoms with Crippen molar-refractivity contribution in [2.75, 3.05) is 13.2 Å². The van der Waals surface area contributed by atoms with Crippen LogP contribution in [0.1, 0.15) is 341 Å². The summed E-state index contributed by atoms with van der Waals surface area (Å²) in [5.74, 6) is -0.703. The third-order valence-electron chi connectivity index (χ3n) is 17.0. The Kier molecular flexibility index (Phi) is 55.5. The Hall–Kier alpha value is -1.41. The van der Waals surface area contributed by atoms with E-state index in [1.807, 2.05) is 0 Å². The Morgan fingerprint density at radius 2 is 0.750 bits per heavy atom. The largest absolute Gasteiger partial charge is 0.394 e. The molecule has 11 nitrogen and oxygen atoms in total. The van der Waals surface area contributed by atoms with Crippen LogP contribution in [-0.4, -0.2) is 110 Å². The average Bonchev–Trinajstić information content (AvgIpc) is 3.47. The van der Waals surface area contributed by atoms with Crippen LogP contribution in [-0.2, 0) is 14.3 Å². The summed E-state index contributed by atoms with van der Waals surface area (Å²) in [6.07, 6.45) is 61.2. The maximum atomic E-state index is 13.2. The quantitative estimate of drug-likeness (QED) is 0.0215. The van der Waals surface area contributed by atoms with Crippen LogP contribution in [0, 0.1) is 0 Å². The SMILES string of the molecule is CCCCCCCCCCCCCCCCCCC/C=C/CC/C=C/CCCC(O)C(O)C(COC1OC(CO)C(O)C(O)C1O)NC(=O)C(O)CCCCCCCCCCCCCCCCCCCCCCCCCCCCC. The molecule has 1 fully saturated rings. The molecule has 0 spiro atoms. The number of ether oxygens (including phenoxy) is 2. The Bertz CT molecular complexity index is 1350. The van der Waals surface area contributed by atoms with Crippen LogP contribution < -0.4 is 5.32 Å². The van der Waals surface area contributed by atoms with Gasteiger partial charge in [0.1, 0.15) is 36.6 Å². The van der Waals surface area contributed by atoms with Crippen LogP contribution in [0.2, 0.25) is 0 Å². The molecule has 1 heterocycles. The van der Waals surface area contributed by atoms with Gasteiger partial charge in [-0.05, 0) is 51.4 Å². The van der Waals surface area contributed by atoms with E-state index in [1.54, 1.807) is 0 Å². The van der Waals surface area contributed by atoms with E-state index in [1.165, 1.54) is 257 Å². The summed E-state index contributed by atoms with van der Waals surface area (Å²) in [7, 11) is 0. The van der Waals surface area contributed by atoms with Crippen molar-refractivity contribution in [3.8, 4) is 0 Å². The molecule has 1 aliphatic heterocycles. The van der Waals surface area contributed by atoms with E-state index in [2.05, 4.69) is 43.5 Å². The van der Waals surface area contributed by atoms with Gasteiger partial charge in [-0.2, -0.15) is 0 Å². The van der Waals surface area contributed by atoms with Crippen LogP contribution >= 0.6 is 0 Å². The number of unbranched alkanes of at least 4 members (excludes halogenated alkanes) is 45. The van der Waals surface area contributed by atoms with E-state index >= 15 is 0 Å². The van der Waals surface area contributed by atoms with Crippen molar-refractivity contribution in [2.45, 2.75) is 396 Å². The summed E-state index contributed by atoms with van der Waals surface area (Å²) in [6.45, 7) is 3.50. The smallest absolute Gasteiger partial charge is 0.249 e. The van der Waals surface area contributed by atoms with Gasteiger partial charge in [-0.25, -0.2) is 0 Å². The van der Waals surface area contributed by atoms with Crippen LogP contribution in [0.5, 0.6) is 0 Å². The molecule has 0 aromatic heterocycles. The number of allylic oxidation sites excluding steroid dienone is 4. The van der Waals surface area contributed by atoms with E-state index in [4.69, 9.17) is 9.47 Å². The summed E-state index contributed by atoms with van der Waals surface area (Å²) >= 11 is 0. The third kappa shape index (κ3) is 45.0. The highest BCUT2D eigenvalue weighted by Gasteiger charge is 2.44. The number of amides is 1. The summed E-state index contributed by atoms with van der Waals surface area (Å²) in [6, 6.07) is -1.19. The zero-order valence-electron chi connectivity index (χ0n) is 52.3. The van der Waals surface area contributed by atoms with E-state index < -0.39 is 74.2 Å². The van der Waals surface area contributed by atoms with Crippen LogP contribution in [0.25, 0.3) is 0 Å². The van der Waals surface area contributed by atoms with E-state index in [0.717, 1.165) is 38.5 Å². The number of aliphatic hydroxyl groups excluding tert-OH is 7. The second-order valence-corrected chi connectivity index (χ2v) is 24.6. The van der Waals surface area contributed by atoms with Crippen molar-refractivity contribution < 1.29 is 50.0 Å². The molecule has 11 heteroatoms. The molecule has 1 saturated heterocycles. The number of rotatable bonds is 61. The number of hydrogen-bond donors (Lipinski definition) is 8. The van der Waals surface area contributed by atoms with Gasteiger partial charge in [-0.1, -0.05) is 314 Å². The molecule has 0 aromatic carbocycles. The third-order valence-corrected chi connectivity index (χ3v) is 17.0. The van der Waals surface area contributed by atoms with E-state index in [0.29, 0.717) is 19.3 Å². The Balaban J connectivity index is 2.23. The molecule has 0 radical (unpaired) electrons. The first-order chi connectivity index (χ1) is 39.2. The molecular formula is C69H133NO10. The number of carbonyl (C=O) groups is 1. The van der Waals surface area contributed by atoms with E-state index in [-0.39, 0.29) is 12.8 Å². The van der Waals surface area contributed by atoms with Crippen molar-refractivity contribution in [1.82, 2.24) is 5.32 Å². The van der Waals surface area contributed by atoms with Crippen LogP contribution in [0.15, 0.2) is 24.3 Å². The summed E-state index contributed by atoms with van der Waals surface area (Å²) < 4.78 is 11.2. The lowest BCUT2D eigenvalue weighted by atomic mass is 9.98. The lowest BCUT2D eigenvalue weighted by Crippen LogP contribution is -2.60. The average molecular weight is 1140 g/mol. The molecule has 1 rings (SSSR count). The lowest BCUT2D eigenvalue weighted by Gasteiger charge is -2.40. The number of carbonyl (C=O) groups excluding carboxylic acids is 1. The van der Waals surface area contributed by atoms with Crippen LogP contribution in [0.4, 0.5) is 0 Å². The molecule has 474 valence electrons. The maximum absolute atomic E-state index is 13.2. The Morgan fingerprint density at radius 3 is 1.11 bits per heavy atom. The Labute approximate surface area is 493 Å². The molecular weight excluding hydrogens is 1000 g/mol. The lowest BCUT2D eigenvalue weighted by molar-refractivity contribution is -0.303. The standard InChI is InChI=1S/C69H133NO10/c1-3-5-7-9-11-13-15-17-19-21-23-25-27-29-31-33-35-37-39-41-43-45-47-49-51-53-55-57-62(73)68(78)70-60(59-79-69-67(77)66(76)65(75)63(58-71)80-69)64(74)61(72)56-54-52-50-48-46-44-42-40-38-36-34-32-30-28-26-24-22-20-18-16-14-12-10-8-6-4-2/h40,42,48,50,60-67,69,71-77H,3-39,41,43-47,49,51-59H2,1-2H3,(H,70,78)/b42-40+,50-48+. The number of hydrogen-bond acceptors (Lipinski definition) is 10. The minimum Gasteiger partial charge on any atom is -0.394 e. The molecule has 0 bridgehead atoms. The fourth-order valence-electron chi connectivity index (χ4n) is 11.4. The van der Waals surface area contributed by atoms with Crippen molar-refractivity contribution in [3.63, 3.8) is 0 Å². The monoisotopic (exact) mass is 1140 g/mol. The molecule has 1 amide bonds. The molecule has 9 atom stereocenters. The van der Waals surface area contributed by atoms with Gasteiger partial charge in [0.2, 0.25) is 5.91 Å². The van der Waals surface area contributed by atoms with Gasteiger partial charge in [-0.3, -0.25) is 4.79 Å². The second-order valence-electron chi connectivity index (χ2n) is 24.6. The fraction of sp³-hybridized carbons (Fsp3) is 0.928. The topological polar surface area (TPSA) is 189 Å². The van der Waals surface area contributed by atoms with Crippen molar-refractivity contribution in [3.05, 3.63) is 24.3 Å². The van der Waals surface area contributed by atoms with Crippen LogP contribution in [0.3, 0.4) is 0 Å². The molecule has 8 N–H and O–H groups in total. The zero-order valence-corrected chi connectivity index (χ0v) is 52.3. The summed E-state index contributed by atoms with van der Waals surface area (Å²) in [5, 5.41) is 76.4. The van der Waals surface area contributed by atoms with Gasteiger partial charge in [0, 0.05) is 0 Å². The first-order valence-corrected chi connectivity index (χ1v) is 34.7. The predicted octanol–water partition coefficient (Wildman–Crippen LogP) is 16.4. The molecule has 0 saturated carbocycles. The highest BCUT2D eigenvalue weighted by atomic mass is 16.7. The molecule has 0 aromatic rings. The minimum atomic E-state index is -1.67. The normalized spacial score (nSPS) is 19.3. The second kappa shape index (κ2) is 58.0. The summed E-state index contributed by atoms with van der Waals surface area (Å²) in [4.78, 5) is 13.2. The zero-order chi connectivity index (χ0) is 58.2. The molecule has 0 aliphatic carbocycles. The van der Waals surface area contributed by atoms with Gasteiger partial charge in [0.25, 0.3) is 0 Å². The van der Waals surface area contributed by atoms with Crippen molar-refractivity contribution in [2.24, 2.45) is 0 Å². The highest BCUT2D eigenvalue weighted by molar-refractivity contribution is 5.80. The van der Waals surface area contributed by atoms with Gasteiger partial charge < -0.3 is 50.5 Å². The first kappa shape index (κ1) is 76.6. The van der Waals surface area contributed by atoms with E-state index in [9.17, 15) is 40.5 Å². The van der Waals surface area contributed by atoms with Gasteiger partial charge in [-0.15, -0.1) is 0 Å². The fourth-order valence-corrected chi connectivity index (χ4v) is 11.4. The minimum absolute atomic E-state index is 0.249. The predicted molar refractivity (Wildman–Crippen MR) is 335 cm³/mol. The van der Waals surface area contributed by atoms with Gasteiger partial charge in [0.05, 0.1) is 25.4 Å². The highest BCUT2D eigenvalue weighted by Crippen LogP contribution is 2.24. The molecule has 80 heavy (non-hydrogen) atoms. The maximum Gasteiger partial charge on any atom is 0.249 e. The molecule has 1 aliphatic rings. The number of aliphatic hydroxyl groups is 7. The van der Waals surface area contributed by atoms with Gasteiger partial charge in [0.15, 0.2) is 6.29 Å². The first-order valence-electron chi connectivity index (χ1n) is 34.7. The van der Waals surface area contributed by atoms with Crippen molar-refractivity contribution >= 4 is 5.91 Å². The van der Waals surface area contributed by atoms with Crippen molar-refractivity contribution in [1.29, 1.82) is 0 Å². The molecule has 9 unspecified atom stereocenters. The van der Waals surface area contributed by atoms with Gasteiger partial charge >= 0.3 is 0 Å². The Morgan fingerprint density at radius 1 is 0.425 bits per heavy atom.